The Bertz CT molecular complexity index is 1360. The van der Waals surface area contributed by atoms with Gasteiger partial charge in [-0.05, 0) is 46.5 Å². The molecule has 0 aliphatic heterocycles. The van der Waals surface area contributed by atoms with Crippen LogP contribution in [0, 0.1) is 0 Å². The normalized spacial score (nSPS) is 11.4. The monoisotopic (exact) mass is 500 g/mol. The summed E-state index contributed by atoms with van der Waals surface area (Å²) in [7, 11) is 0. The van der Waals surface area contributed by atoms with Gasteiger partial charge in [0.25, 0.3) is 11.6 Å². The molecule has 15 heteroatoms. The third-order valence-corrected chi connectivity index (χ3v) is 4.97. The second-order valence-electron chi connectivity index (χ2n) is 7.22. The average Bonchev–Trinajstić information content (AvgIpc) is 3.21. The Hall–Kier alpha value is -4.14. The van der Waals surface area contributed by atoms with E-state index in [0.717, 1.165) is 21.6 Å². The molecule has 0 atom stereocenters. The molecule has 2 N–H and O–H groups in total. The Kier molecular flexibility index (Phi) is 7.58. The van der Waals surface area contributed by atoms with Crippen molar-refractivity contribution in [1.82, 2.24) is 24.4 Å². The summed E-state index contributed by atoms with van der Waals surface area (Å²) in [6, 6.07) is 3.82. The average molecular weight is 500 g/mol. The predicted molar refractivity (Wildman–Crippen MR) is 109 cm³/mol. The van der Waals surface area contributed by atoms with Crippen molar-refractivity contribution in [3.8, 4) is 5.69 Å². The number of pyridine rings is 1. The van der Waals surface area contributed by atoms with Crippen molar-refractivity contribution in [2.24, 2.45) is 5.73 Å². The minimum absolute atomic E-state index is 0.166. The Morgan fingerprint density at radius 2 is 1.63 bits per heavy atom. The van der Waals surface area contributed by atoms with Crippen LogP contribution in [0.4, 0.5) is 22.1 Å². The first-order valence-electron chi connectivity index (χ1n) is 9.86. The van der Waals surface area contributed by atoms with Gasteiger partial charge in [0, 0.05) is 28.9 Å². The number of hydrogen-bond donors (Lipinski definition) is 1. The number of halogens is 5. The molecule has 2 heterocycles. The Labute approximate surface area is 192 Å². The number of benzene rings is 1. The van der Waals surface area contributed by atoms with Crippen molar-refractivity contribution < 1.29 is 31.8 Å². The van der Waals surface area contributed by atoms with Gasteiger partial charge in [0.05, 0.1) is 12.2 Å². The summed E-state index contributed by atoms with van der Waals surface area (Å²) in [5.41, 5.74) is 4.04. The van der Waals surface area contributed by atoms with Gasteiger partial charge in [-0.25, -0.2) is 19.1 Å². The van der Waals surface area contributed by atoms with Gasteiger partial charge in [0.1, 0.15) is 0 Å². The molecule has 2 aromatic heterocycles. The molecule has 0 aliphatic rings. The lowest BCUT2D eigenvalue weighted by atomic mass is 10.1. The summed E-state index contributed by atoms with van der Waals surface area (Å²) in [5.74, 6) is -2.52. The van der Waals surface area contributed by atoms with Crippen LogP contribution in [0.15, 0.2) is 63.8 Å². The van der Waals surface area contributed by atoms with Crippen molar-refractivity contribution in [3.63, 3.8) is 0 Å². The fraction of sp³-hybridized carbons (Fsp3) is 0.250. The van der Waals surface area contributed by atoms with E-state index in [1.54, 1.807) is 12.1 Å². The lowest BCUT2D eigenvalue weighted by Crippen LogP contribution is -2.40. The first-order chi connectivity index (χ1) is 16.6. The standard InChI is InChI=1S/C20H17F5N6O4/c21-17(22)14(9-26)11-30-19(34)31(28-27-30)15-6-3-12(4-7-15)1-2-13-5-8-16(32)29(10-13)20(23,24)18(33)35-25/h3-8,10H,1-2,9,11,26H2. The molecule has 186 valence electrons. The molecule has 1 aromatic carbocycles. The molecule has 0 spiro atoms. The van der Waals surface area contributed by atoms with Crippen molar-refractivity contribution in [1.29, 1.82) is 0 Å². The van der Waals surface area contributed by atoms with Crippen LogP contribution in [-0.2, 0) is 35.2 Å². The van der Waals surface area contributed by atoms with Gasteiger partial charge >= 0.3 is 17.7 Å². The highest BCUT2D eigenvalue weighted by molar-refractivity contribution is 5.74. The van der Waals surface area contributed by atoms with E-state index < -0.39 is 48.0 Å². The summed E-state index contributed by atoms with van der Waals surface area (Å²) in [6.07, 6.45) is -0.797. The number of rotatable bonds is 9. The summed E-state index contributed by atoms with van der Waals surface area (Å²) in [5, 5.41) is 7.22. The molecule has 0 bridgehead atoms. The van der Waals surface area contributed by atoms with Crippen LogP contribution in [0.25, 0.3) is 5.69 Å². The molecular weight excluding hydrogens is 483 g/mol. The first-order valence-corrected chi connectivity index (χ1v) is 9.86. The Morgan fingerprint density at radius 3 is 2.23 bits per heavy atom. The number of nitrogens with two attached hydrogens (primary N) is 1. The zero-order chi connectivity index (χ0) is 25.8. The highest BCUT2D eigenvalue weighted by atomic mass is 19.3. The molecule has 0 saturated carbocycles. The number of alkyl halides is 2. The lowest BCUT2D eigenvalue weighted by molar-refractivity contribution is -0.226. The number of nitrogens with zero attached hydrogens (tertiary/aromatic N) is 5. The fourth-order valence-electron chi connectivity index (χ4n) is 3.05. The molecule has 0 unspecified atom stereocenters. The van der Waals surface area contributed by atoms with Crippen molar-refractivity contribution in [2.75, 3.05) is 6.54 Å². The van der Waals surface area contributed by atoms with Gasteiger partial charge in [-0.15, -0.1) is 0 Å². The fourth-order valence-corrected chi connectivity index (χ4v) is 3.05. The minimum Gasteiger partial charge on any atom is -0.327 e. The van der Waals surface area contributed by atoms with E-state index in [-0.39, 0.29) is 16.6 Å². The molecule has 0 radical (unpaired) electrons. The van der Waals surface area contributed by atoms with Crippen LogP contribution in [0.2, 0.25) is 0 Å². The van der Waals surface area contributed by atoms with Gasteiger partial charge in [-0.1, -0.05) is 18.2 Å². The molecule has 10 nitrogen and oxygen atoms in total. The van der Waals surface area contributed by atoms with Crippen LogP contribution < -0.4 is 17.0 Å². The number of carbonyl (C=O) groups excluding carboxylic acids is 1. The second kappa shape index (κ2) is 10.4. The number of hydrogen-bond acceptors (Lipinski definition) is 7. The third kappa shape index (κ3) is 5.51. The first kappa shape index (κ1) is 25.5. The van der Waals surface area contributed by atoms with Gasteiger partial charge < -0.3 is 5.73 Å². The molecule has 0 saturated heterocycles. The number of aryl methyl sites for hydroxylation is 2. The highest BCUT2D eigenvalue weighted by Crippen LogP contribution is 2.21. The lowest BCUT2D eigenvalue weighted by Gasteiger charge is -2.15. The van der Waals surface area contributed by atoms with Crippen molar-refractivity contribution in [2.45, 2.75) is 25.4 Å². The number of carbonyl (C=O) groups is 1. The third-order valence-electron chi connectivity index (χ3n) is 4.97. The summed E-state index contributed by atoms with van der Waals surface area (Å²) < 4.78 is 66.7. The van der Waals surface area contributed by atoms with E-state index in [2.05, 4.69) is 15.4 Å². The van der Waals surface area contributed by atoms with Gasteiger partial charge in [0.15, 0.2) is 0 Å². The largest absolute Gasteiger partial charge is 0.440 e. The van der Waals surface area contributed by atoms with E-state index in [0.29, 0.717) is 17.7 Å². The van der Waals surface area contributed by atoms with E-state index >= 15 is 0 Å². The quantitative estimate of drug-likeness (QED) is 0.441. The van der Waals surface area contributed by atoms with Crippen molar-refractivity contribution >= 4 is 5.97 Å². The maximum absolute atomic E-state index is 13.9. The van der Waals surface area contributed by atoms with Gasteiger partial charge in [0.2, 0.25) is 0 Å². The zero-order valence-electron chi connectivity index (χ0n) is 17.7. The second-order valence-corrected chi connectivity index (χ2v) is 7.22. The predicted octanol–water partition coefficient (Wildman–Crippen LogP) is 1.46. The van der Waals surface area contributed by atoms with Gasteiger partial charge in [-0.2, -0.15) is 26.9 Å². The van der Waals surface area contributed by atoms with E-state index in [4.69, 9.17) is 5.73 Å². The van der Waals surface area contributed by atoms with Crippen LogP contribution in [-0.4, -0.2) is 36.9 Å². The summed E-state index contributed by atoms with van der Waals surface area (Å²) >= 11 is 0. The highest BCUT2D eigenvalue weighted by Gasteiger charge is 2.45. The number of aromatic nitrogens is 5. The summed E-state index contributed by atoms with van der Waals surface area (Å²) in [6.45, 7) is -0.967. The molecule has 0 aliphatic carbocycles. The van der Waals surface area contributed by atoms with Crippen LogP contribution >= 0.6 is 0 Å². The Morgan fingerprint density at radius 1 is 1.00 bits per heavy atom. The van der Waals surface area contributed by atoms with Gasteiger partial charge in [-0.3, -0.25) is 4.79 Å². The Balaban J connectivity index is 1.74. The molecule has 3 aromatic rings. The SMILES string of the molecule is NCC(Cn1nnn(-c2ccc(CCc3ccc(=O)n(C(F)(F)C(=O)OF)c3)cc2)c1=O)=C(F)F. The van der Waals surface area contributed by atoms with Crippen LogP contribution in [0.1, 0.15) is 11.1 Å². The van der Waals surface area contributed by atoms with Crippen LogP contribution in [0.3, 0.4) is 0 Å². The zero-order valence-corrected chi connectivity index (χ0v) is 17.7. The molecule has 3 rings (SSSR count). The maximum atomic E-state index is 13.9. The molecule has 0 amide bonds. The van der Waals surface area contributed by atoms with E-state index in [1.807, 2.05) is 0 Å². The molecular formula is C20H17F5N6O4. The molecule has 0 fully saturated rings. The summed E-state index contributed by atoms with van der Waals surface area (Å²) in [4.78, 5) is 37.6. The van der Waals surface area contributed by atoms with Crippen LogP contribution in [0.5, 0.6) is 0 Å². The molecule has 35 heavy (non-hydrogen) atoms. The maximum Gasteiger partial charge on any atom is 0.440 e. The topological polar surface area (TPSA) is 127 Å². The minimum atomic E-state index is -4.52. The van der Waals surface area contributed by atoms with E-state index in [9.17, 15) is 36.5 Å². The number of tetrazole rings is 1. The van der Waals surface area contributed by atoms with Crippen molar-refractivity contribution in [3.05, 3.63) is 86.2 Å². The van der Waals surface area contributed by atoms with E-state index in [1.165, 1.54) is 18.2 Å². The smallest absolute Gasteiger partial charge is 0.327 e.